The molecule has 0 spiro atoms. The molecule has 4 aromatic rings. The Morgan fingerprint density at radius 1 is 1.00 bits per heavy atom. The number of nitrogens with zero attached hydrogens (tertiary/aromatic N) is 5. The van der Waals surface area contributed by atoms with Crippen molar-refractivity contribution in [3.8, 4) is 5.75 Å². The van der Waals surface area contributed by atoms with Gasteiger partial charge in [-0.15, -0.1) is 0 Å². The van der Waals surface area contributed by atoms with Gasteiger partial charge in [-0.3, -0.25) is 4.72 Å². The number of nitrogens with one attached hydrogen (secondary N) is 2. The quantitative estimate of drug-likeness (QED) is 0.335. The number of hydrogen-bond acceptors (Lipinski definition) is 8. The van der Waals surface area contributed by atoms with E-state index in [9.17, 15) is 8.42 Å². The predicted octanol–water partition coefficient (Wildman–Crippen LogP) is 4.33. The SMILES string of the molecule is COc1ccc(CC2C[C@H]3CC[C@@H](C2)N3C)c(Nc2nc3ccccc3nc2NS(=O)(=O)c2cn(C)cn2)c1. The van der Waals surface area contributed by atoms with Crippen molar-refractivity contribution in [2.45, 2.75) is 49.2 Å². The summed E-state index contributed by atoms with van der Waals surface area (Å²) in [6.45, 7) is 0. The van der Waals surface area contributed by atoms with Gasteiger partial charge < -0.3 is 19.5 Å². The molecule has 0 amide bonds. The molecule has 0 aliphatic carbocycles. The zero-order valence-corrected chi connectivity index (χ0v) is 23.1. The van der Waals surface area contributed by atoms with Gasteiger partial charge >= 0.3 is 0 Å². The molecule has 2 aliphatic rings. The Morgan fingerprint density at radius 2 is 1.69 bits per heavy atom. The van der Waals surface area contributed by atoms with Gasteiger partial charge in [0, 0.05) is 37.1 Å². The van der Waals surface area contributed by atoms with E-state index in [2.05, 4.69) is 38.0 Å². The Kier molecular flexibility index (Phi) is 6.64. The van der Waals surface area contributed by atoms with E-state index < -0.39 is 10.0 Å². The summed E-state index contributed by atoms with van der Waals surface area (Å²) in [5.74, 6) is 1.70. The van der Waals surface area contributed by atoms with Crippen molar-refractivity contribution in [2.75, 3.05) is 24.2 Å². The van der Waals surface area contributed by atoms with Crippen LogP contribution in [-0.2, 0) is 23.5 Å². The topological polar surface area (TPSA) is 114 Å². The number of ether oxygens (including phenoxy) is 1. The normalized spacial score (nSPS) is 21.3. The fraction of sp³-hybridized carbons (Fsp3) is 0.393. The highest BCUT2D eigenvalue weighted by atomic mass is 32.2. The second-order valence-corrected chi connectivity index (χ2v) is 12.3. The average molecular weight is 548 g/mol. The summed E-state index contributed by atoms with van der Waals surface area (Å²) >= 11 is 0. The van der Waals surface area contributed by atoms with Crippen LogP contribution in [0.1, 0.15) is 31.2 Å². The first-order valence-electron chi connectivity index (χ1n) is 13.2. The lowest BCUT2D eigenvalue weighted by Crippen LogP contribution is -2.40. The lowest BCUT2D eigenvalue weighted by atomic mass is 9.85. The van der Waals surface area contributed by atoms with Gasteiger partial charge in [0.15, 0.2) is 16.7 Å². The number of benzene rings is 2. The summed E-state index contributed by atoms with van der Waals surface area (Å²) < 4.78 is 36.1. The Bertz CT molecular complexity index is 1610. The Morgan fingerprint density at radius 3 is 2.33 bits per heavy atom. The van der Waals surface area contributed by atoms with Crippen molar-refractivity contribution in [3.63, 3.8) is 0 Å². The number of hydrogen-bond donors (Lipinski definition) is 2. The van der Waals surface area contributed by atoms with E-state index in [1.807, 2.05) is 30.3 Å². The Labute approximate surface area is 228 Å². The van der Waals surface area contributed by atoms with Gasteiger partial charge in [0.05, 0.1) is 24.5 Å². The van der Waals surface area contributed by atoms with Crippen molar-refractivity contribution >= 4 is 38.4 Å². The molecule has 4 heterocycles. The Hall–Kier alpha value is -3.70. The van der Waals surface area contributed by atoms with E-state index in [1.54, 1.807) is 24.8 Å². The van der Waals surface area contributed by atoms with E-state index in [4.69, 9.17) is 9.72 Å². The van der Waals surface area contributed by atoms with Crippen molar-refractivity contribution in [1.29, 1.82) is 0 Å². The molecule has 2 aliphatic heterocycles. The zero-order valence-electron chi connectivity index (χ0n) is 22.3. The third-order valence-electron chi connectivity index (χ3n) is 8.03. The first-order chi connectivity index (χ1) is 18.8. The molecule has 0 saturated carbocycles. The minimum absolute atomic E-state index is 0.0927. The molecular formula is C28H33N7O3S. The number of methoxy groups -OCH3 is 1. The average Bonchev–Trinajstić information content (AvgIpc) is 3.43. The number of sulfonamides is 1. The second-order valence-electron chi connectivity index (χ2n) is 10.6. The second kappa shape index (κ2) is 10.1. The fourth-order valence-electron chi connectivity index (χ4n) is 5.97. The lowest BCUT2D eigenvalue weighted by Gasteiger charge is -2.36. The fourth-order valence-corrected chi connectivity index (χ4v) is 6.96. The van der Waals surface area contributed by atoms with Crippen LogP contribution in [0.3, 0.4) is 0 Å². The van der Waals surface area contributed by atoms with E-state index in [1.165, 1.54) is 38.2 Å². The third kappa shape index (κ3) is 5.16. The summed E-state index contributed by atoms with van der Waals surface area (Å²) in [7, 11) is 1.62. The van der Waals surface area contributed by atoms with E-state index in [-0.39, 0.29) is 10.8 Å². The van der Waals surface area contributed by atoms with Gasteiger partial charge in [-0.1, -0.05) is 18.2 Å². The number of aromatic nitrogens is 4. The van der Waals surface area contributed by atoms with E-state index in [0.29, 0.717) is 40.6 Å². The molecule has 2 bridgehead atoms. The molecule has 11 heteroatoms. The molecule has 10 nitrogen and oxygen atoms in total. The maximum absolute atomic E-state index is 13.2. The highest BCUT2D eigenvalue weighted by Gasteiger charge is 2.38. The van der Waals surface area contributed by atoms with Crippen molar-refractivity contribution in [2.24, 2.45) is 13.0 Å². The molecule has 3 atom stereocenters. The van der Waals surface area contributed by atoms with Gasteiger partial charge in [0.2, 0.25) is 0 Å². The molecular weight excluding hydrogens is 514 g/mol. The van der Waals surface area contributed by atoms with Crippen LogP contribution in [0.2, 0.25) is 0 Å². The number of imidazole rings is 1. The number of piperidine rings is 1. The van der Waals surface area contributed by atoms with Crippen LogP contribution in [0, 0.1) is 5.92 Å². The van der Waals surface area contributed by atoms with Gasteiger partial charge in [-0.2, -0.15) is 8.42 Å². The van der Waals surface area contributed by atoms with Crippen LogP contribution in [-0.4, -0.2) is 59.1 Å². The molecule has 2 N–H and O–H groups in total. The number of aryl methyl sites for hydroxylation is 1. The van der Waals surface area contributed by atoms with Crippen LogP contribution in [0.25, 0.3) is 11.0 Å². The first kappa shape index (κ1) is 25.6. The van der Waals surface area contributed by atoms with Gasteiger partial charge in [0.1, 0.15) is 5.75 Å². The highest BCUT2D eigenvalue weighted by molar-refractivity contribution is 7.92. The maximum Gasteiger partial charge on any atom is 0.282 e. The van der Waals surface area contributed by atoms with Gasteiger partial charge in [0.25, 0.3) is 10.0 Å². The largest absolute Gasteiger partial charge is 0.497 e. The summed E-state index contributed by atoms with van der Waals surface area (Å²) in [4.78, 5) is 16.0. The van der Waals surface area contributed by atoms with Crippen molar-refractivity contribution in [1.82, 2.24) is 24.4 Å². The number of anilines is 3. The number of para-hydroxylation sites is 2. The molecule has 6 rings (SSSR count). The first-order valence-corrected chi connectivity index (χ1v) is 14.7. The van der Waals surface area contributed by atoms with Crippen LogP contribution < -0.4 is 14.8 Å². The molecule has 2 fully saturated rings. The molecule has 2 aromatic heterocycles. The number of rotatable bonds is 8. The number of fused-ring (bicyclic) bond motifs is 3. The van der Waals surface area contributed by atoms with Gasteiger partial charge in [-0.05, 0) is 68.8 Å². The molecule has 2 saturated heterocycles. The Balaban J connectivity index is 1.36. The summed E-state index contributed by atoms with van der Waals surface area (Å²) in [6.07, 6.45) is 8.72. The van der Waals surface area contributed by atoms with Crippen LogP contribution in [0.5, 0.6) is 5.75 Å². The van der Waals surface area contributed by atoms with Crippen molar-refractivity contribution < 1.29 is 13.2 Å². The van der Waals surface area contributed by atoms with Gasteiger partial charge in [-0.25, -0.2) is 15.0 Å². The van der Waals surface area contributed by atoms with Crippen LogP contribution in [0.15, 0.2) is 60.0 Å². The minimum atomic E-state index is -3.99. The summed E-state index contributed by atoms with van der Waals surface area (Å²) in [5.41, 5.74) is 3.19. The molecule has 204 valence electrons. The minimum Gasteiger partial charge on any atom is -0.497 e. The van der Waals surface area contributed by atoms with Crippen LogP contribution in [0.4, 0.5) is 17.3 Å². The molecule has 39 heavy (non-hydrogen) atoms. The monoisotopic (exact) mass is 547 g/mol. The van der Waals surface area contributed by atoms with E-state index >= 15 is 0 Å². The standard InChI is InChI=1S/C28H33N7O3S/c1-34-16-26(29-17-34)39(36,37)33-28-27(30-23-6-4-5-7-24(23)31-28)32-25-15-22(38-3)11-8-19(25)12-18-13-20-9-10-21(14-18)35(20)2/h4-8,11,15-18,20-21H,9-10,12-14H2,1-3H3,(H,30,32)(H,31,33)/t18?,20-,21+. The third-order valence-corrected chi connectivity index (χ3v) is 9.26. The smallest absolute Gasteiger partial charge is 0.282 e. The maximum atomic E-state index is 13.2. The summed E-state index contributed by atoms with van der Waals surface area (Å²) in [5, 5.41) is 3.31. The lowest BCUT2D eigenvalue weighted by molar-refractivity contribution is 0.134. The van der Waals surface area contributed by atoms with Crippen molar-refractivity contribution in [3.05, 3.63) is 60.6 Å². The predicted molar refractivity (Wildman–Crippen MR) is 151 cm³/mol. The van der Waals surface area contributed by atoms with Crippen LogP contribution >= 0.6 is 0 Å². The molecule has 0 radical (unpaired) electrons. The summed E-state index contributed by atoms with van der Waals surface area (Å²) in [6, 6.07) is 14.7. The highest BCUT2D eigenvalue weighted by Crippen LogP contribution is 2.40. The van der Waals surface area contributed by atoms with E-state index in [0.717, 1.165) is 17.7 Å². The molecule has 1 unspecified atom stereocenters. The molecule has 2 aromatic carbocycles. The zero-order chi connectivity index (χ0) is 27.1.